The number of hydrogen-bond acceptors (Lipinski definition) is 5. The summed E-state index contributed by atoms with van der Waals surface area (Å²) in [7, 11) is 1.59. The lowest BCUT2D eigenvalue weighted by Crippen LogP contribution is -1.99. The lowest BCUT2D eigenvalue weighted by molar-refractivity contribution is 0.416. The van der Waals surface area contributed by atoms with Crippen molar-refractivity contribution in [2.75, 3.05) is 12.8 Å². The molecule has 0 aliphatic heterocycles. The zero-order chi connectivity index (χ0) is 12.4. The predicted molar refractivity (Wildman–Crippen MR) is 66.0 cm³/mol. The van der Waals surface area contributed by atoms with Crippen molar-refractivity contribution in [3.8, 4) is 17.0 Å². The summed E-state index contributed by atoms with van der Waals surface area (Å²) < 4.78 is 5.29. The Kier molecular flexibility index (Phi) is 3.10. The molecule has 0 atom stereocenters. The average Bonchev–Trinajstić information content (AvgIpc) is 2.32. The smallest absolute Gasteiger partial charge is 0.240 e. The lowest BCUT2D eigenvalue weighted by Gasteiger charge is -2.10. The monoisotopic (exact) mass is 250 g/mol. The summed E-state index contributed by atoms with van der Waals surface area (Å²) in [6, 6.07) is 3.62. The topological polar surface area (TPSA) is 73.9 Å². The molecule has 0 aliphatic carbocycles. The van der Waals surface area contributed by atoms with Crippen LogP contribution in [0.15, 0.2) is 18.3 Å². The van der Waals surface area contributed by atoms with Crippen LogP contribution in [0.2, 0.25) is 5.02 Å². The number of aromatic nitrogens is 3. The van der Waals surface area contributed by atoms with Crippen molar-refractivity contribution >= 4 is 17.5 Å². The van der Waals surface area contributed by atoms with Gasteiger partial charge in [0, 0.05) is 10.6 Å². The van der Waals surface area contributed by atoms with Crippen LogP contribution in [-0.2, 0) is 0 Å². The molecule has 0 aliphatic rings. The van der Waals surface area contributed by atoms with Crippen LogP contribution < -0.4 is 10.5 Å². The van der Waals surface area contributed by atoms with E-state index in [2.05, 4.69) is 15.2 Å². The van der Waals surface area contributed by atoms with Gasteiger partial charge in [0.2, 0.25) is 5.95 Å². The molecule has 0 spiro atoms. The first-order chi connectivity index (χ1) is 8.11. The van der Waals surface area contributed by atoms with Crippen molar-refractivity contribution in [2.24, 2.45) is 0 Å². The van der Waals surface area contributed by atoms with Crippen LogP contribution >= 0.6 is 11.6 Å². The highest BCUT2D eigenvalue weighted by atomic mass is 35.5. The van der Waals surface area contributed by atoms with Crippen molar-refractivity contribution in [1.82, 2.24) is 15.2 Å². The Balaban J connectivity index is 2.62. The summed E-state index contributed by atoms with van der Waals surface area (Å²) in [6.07, 6.45) is 1.51. The van der Waals surface area contributed by atoms with Crippen LogP contribution in [0.1, 0.15) is 5.56 Å². The Bertz CT molecular complexity index is 559. The van der Waals surface area contributed by atoms with Crippen LogP contribution in [0, 0.1) is 6.92 Å². The van der Waals surface area contributed by atoms with Gasteiger partial charge in [-0.2, -0.15) is 5.10 Å². The molecule has 0 radical (unpaired) electrons. The molecule has 1 aromatic heterocycles. The summed E-state index contributed by atoms with van der Waals surface area (Å²) in [5.74, 6) is 0.785. The first-order valence-corrected chi connectivity index (χ1v) is 5.29. The van der Waals surface area contributed by atoms with Crippen molar-refractivity contribution in [2.45, 2.75) is 6.92 Å². The molecule has 0 saturated heterocycles. The van der Waals surface area contributed by atoms with Crippen molar-refractivity contribution in [1.29, 1.82) is 0 Å². The van der Waals surface area contributed by atoms with E-state index >= 15 is 0 Å². The van der Waals surface area contributed by atoms with E-state index < -0.39 is 0 Å². The number of ether oxygens (including phenoxy) is 1. The molecule has 1 aromatic carbocycles. The molecule has 0 amide bonds. The Morgan fingerprint density at radius 3 is 2.76 bits per heavy atom. The molecule has 6 heteroatoms. The van der Waals surface area contributed by atoms with E-state index in [1.807, 2.05) is 13.0 Å². The van der Waals surface area contributed by atoms with E-state index in [-0.39, 0.29) is 5.95 Å². The Morgan fingerprint density at radius 1 is 1.35 bits per heavy atom. The fourth-order valence-electron chi connectivity index (χ4n) is 1.47. The summed E-state index contributed by atoms with van der Waals surface area (Å²) in [4.78, 5) is 4.09. The number of aryl methyl sites for hydroxylation is 1. The Labute approximate surface area is 104 Å². The number of benzene rings is 1. The summed E-state index contributed by atoms with van der Waals surface area (Å²) >= 11 is 6.08. The van der Waals surface area contributed by atoms with Crippen LogP contribution in [0.5, 0.6) is 5.75 Å². The van der Waals surface area contributed by atoms with Gasteiger partial charge in [-0.3, -0.25) is 0 Å². The minimum Gasteiger partial charge on any atom is -0.496 e. The van der Waals surface area contributed by atoms with Gasteiger partial charge in [-0.1, -0.05) is 11.6 Å². The van der Waals surface area contributed by atoms with E-state index in [1.165, 1.54) is 6.20 Å². The predicted octanol–water partition coefficient (Wildman–Crippen LogP) is 2.09. The maximum atomic E-state index is 6.08. The quantitative estimate of drug-likeness (QED) is 0.883. The van der Waals surface area contributed by atoms with E-state index in [9.17, 15) is 0 Å². The van der Waals surface area contributed by atoms with Gasteiger partial charge in [0.1, 0.15) is 5.75 Å². The molecule has 2 aromatic rings. The second-order valence-electron chi connectivity index (χ2n) is 3.50. The molecule has 0 unspecified atom stereocenters. The third-order valence-electron chi connectivity index (χ3n) is 2.33. The van der Waals surface area contributed by atoms with Gasteiger partial charge in [0.05, 0.1) is 19.0 Å². The second-order valence-corrected chi connectivity index (χ2v) is 3.91. The highest BCUT2D eigenvalue weighted by Gasteiger charge is 2.11. The van der Waals surface area contributed by atoms with Gasteiger partial charge < -0.3 is 10.5 Å². The molecular formula is C11H11ClN4O. The van der Waals surface area contributed by atoms with E-state index in [0.29, 0.717) is 16.5 Å². The number of nitrogen functional groups attached to an aromatic ring is 1. The molecule has 2 rings (SSSR count). The van der Waals surface area contributed by atoms with Crippen LogP contribution in [0.3, 0.4) is 0 Å². The van der Waals surface area contributed by atoms with Crippen molar-refractivity contribution in [3.63, 3.8) is 0 Å². The summed E-state index contributed by atoms with van der Waals surface area (Å²) in [6.45, 7) is 1.90. The molecule has 88 valence electrons. The van der Waals surface area contributed by atoms with Gasteiger partial charge >= 0.3 is 0 Å². The number of hydrogen-bond donors (Lipinski definition) is 1. The molecule has 1 heterocycles. The molecular weight excluding hydrogens is 240 g/mol. The number of nitrogens with two attached hydrogens (primary N) is 1. The molecule has 2 N–H and O–H groups in total. The molecule has 0 fully saturated rings. The zero-order valence-electron chi connectivity index (χ0n) is 9.44. The first-order valence-electron chi connectivity index (χ1n) is 4.91. The van der Waals surface area contributed by atoms with Crippen molar-refractivity contribution < 1.29 is 4.74 Å². The Hall–Kier alpha value is -1.88. The Morgan fingerprint density at radius 2 is 2.12 bits per heavy atom. The maximum Gasteiger partial charge on any atom is 0.240 e. The maximum absolute atomic E-state index is 6.08. The minimum atomic E-state index is 0.112. The van der Waals surface area contributed by atoms with Gasteiger partial charge in [-0.05, 0) is 24.6 Å². The fourth-order valence-corrected chi connectivity index (χ4v) is 1.63. The highest BCUT2D eigenvalue weighted by Crippen LogP contribution is 2.33. The molecule has 0 saturated carbocycles. The number of methoxy groups -OCH3 is 1. The number of anilines is 1. The highest BCUT2D eigenvalue weighted by molar-refractivity contribution is 6.31. The van der Waals surface area contributed by atoms with Gasteiger partial charge in [-0.25, -0.2) is 4.98 Å². The normalized spacial score (nSPS) is 10.3. The standard InChI is InChI=1S/C11H11ClN4O/c1-6-3-10(17-2)7(4-8(6)12)9-5-14-16-11(13)15-9/h3-5H,1-2H3,(H2,13,15,16). The zero-order valence-corrected chi connectivity index (χ0v) is 10.2. The van der Waals surface area contributed by atoms with Crippen LogP contribution in [-0.4, -0.2) is 22.3 Å². The summed E-state index contributed by atoms with van der Waals surface area (Å²) in [5.41, 5.74) is 7.75. The van der Waals surface area contributed by atoms with E-state index in [1.54, 1.807) is 13.2 Å². The van der Waals surface area contributed by atoms with Crippen LogP contribution in [0.25, 0.3) is 11.3 Å². The number of rotatable bonds is 2. The number of nitrogens with zero attached hydrogens (tertiary/aromatic N) is 3. The van der Waals surface area contributed by atoms with Crippen LogP contribution in [0.4, 0.5) is 5.95 Å². The van der Waals surface area contributed by atoms with Gasteiger partial charge in [-0.15, -0.1) is 5.10 Å². The molecule has 5 nitrogen and oxygen atoms in total. The van der Waals surface area contributed by atoms with E-state index in [0.717, 1.165) is 11.1 Å². The summed E-state index contributed by atoms with van der Waals surface area (Å²) in [5, 5.41) is 7.99. The van der Waals surface area contributed by atoms with Crippen molar-refractivity contribution in [3.05, 3.63) is 28.9 Å². The van der Waals surface area contributed by atoms with Gasteiger partial charge in [0.15, 0.2) is 0 Å². The minimum absolute atomic E-state index is 0.112. The SMILES string of the molecule is COc1cc(C)c(Cl)cc1-c1cnnc(N)n1. The second kappa shape index (κ2) is 4.55. The molecule has 0 bridgehead atoms. The first kappa shape index (κ1) is 11.6. The molecule has 17 heavy (non-hydrogen) atoms. The average molecular weight is 251 g/mol. The largest absolute Gasteiger partial charge is 0.496 e. The third kappa shape index (κ3) is 2.29. The number of halogens is 1. The van der Waals surface area contributed by atoms with E-state index in [4.69, 9.17) is 22.1 Å². The third-order valence-corrected chi connectivity index (χ3v) is 2.74. The van der Waals surface area contributed by atoms with Gasteiger partial charge in [0.25, 0.3) is 0 Å². The lowest BCUT2D eigenvalue weighted by atomic mass is 10.1. The fraction of sp³-hybridized carbons (Fsp3) is 0.182.